The Kier molecular flexibility index (Phi) is 2.93. The van der Waals surface area contributed by atoms with Crippen molar-refractivity contribution in [2.45, 2.75) is 19.9 Å². The smallest absolute Gasteiger partial charge is 0.184 e. The Morgan fingerprint density at radius 1 is 1.50 bits per heavy atom. The highest BCUT2D eigenvalue weighted by Crippen LogP contribution is 2.24. The van der Waals surface area contributed by atoms with E-state index in [1.165, 1.54) is 11.3 Å². The average Bonchev–Trinajstić information content (AvgIpc) is 2.74. The molecule has 2 rings (SSSR count). The van der Waals surface area contributed by atoms with E-state index in [9.17, 15) is 0 Å². The SMILES string of the molecule is CCCn1ccnc1-c1nnc(Br)s1. The molecule has 4 nitrogen and oxygen atoms in total. The Labute approximate surface area is 94.1 Å². The van der Waals surface area contributed by atoms with Crippen molar-refractivity contribution in [2.24, 2.45) is 0 Å². The van der Waals surface area contributed by atoms with Gasteiger partial charge in [-0.2, -0.15) is 0 Å². The fourth-order valence-corrected chi connectivity index (χ4v) is 2.35. The monoisotopic (exact) mass is 272 g/mol. The molecule has 0 aromatic carbocycles. The van der Waals surface area contributed by atoms with Crippen LogP contribution in [-0.2, 0) is 6.54 Å². The molecule has 0 saturated heterocycles. The van der Waals surface area contributed by atoms with Crippen LogP contribution in [0, 0.1) is 0 Å². The van der Waals surface area contributed by atoms with Crippen molar-refractivity contribution in [1.29, 1.82) is 0 Å². The summed E-state index contributed by atoms with van der Waals surface area (Å²) in [6.45, 7) is 3.10. The maximum absolute atomic E-state index is 4.27. The minimum Gasteiger partial charge on any atom is -0.329 e. The average molecular weight is 273 g/mol. The quantitative estimate of drug-likeness (QED) is 0.863. The van der Waals surface area contributed by atoms with Gasteiger partial charge in [0.15, 0.2) is 14.7 Å². The third-order valence-electron chi connectivity index (χ3n) is 1.77. The first-order valence-corrected chi connectivity index (χ1v) is 5.92. The van der Waals surface area contributed by atoms with Gasteiger partial charge in [0.2, 0.25) is 0 Å². The number of aryl methyl sites for hydroxylation is 1. The molecule has 14 heavy (non-hydrogen) atoms. The fraction of sp³-hybridized carbons (Fsp3) is 0.375. The van der Waals surface area contributed by atoms with Crippen LogP contribution in [0.3, 0.4) is 0 Å². The van der Waals surface area contributed by atoms with Gasteiger partial charge < -0.3 is 4.57 Å². The minimum absolute atomic E-state index is 0.790. The number of hydrogen-bond donors (Lipinski definition) is 0. The zero-order valence-corrected chi connectivity index (χ0v) is 10.0. The number of imidazole rings is 1. The molecule has 0 bridgehead atoms. The third-order valence-corrected chi connectivity index (χ3v) is 3.12. The first-order valence-electron chi connectivity index (χ1n) is 4.31. The maximum Gasteiger partial charge on any atom is 0.184 e. The molecule has 0 saturated carbocycles. The van der Waals surface area contributed by atoms with E-state index in [4.69, 9.17) is 0 Å². The van der Waals surface area contributed by atoms with Crippen LogP contribution in [0.2, 0.25) is 0 Å². The van der Waals surface area contributed by atoms with Crippen LogP contribution in [0.15, 0.2) is 16.3 Å². The number of hydrogen-bond acceptors (Lipinski definition) is 4. The van der Waals surface area contributed by atoms with E-state index in [-0.39, 0.29) is 0 Å². The van der Waals surface area contributed by atoms with Crippen LogP contribution in [-0.4, -0.2) is 19.7 Å². The summed E-state index contributed by atoms with van der Waals surface area (Å²) in [5.41, 5.74) is 0. The molecule has 0 aliphatic heterocycles. The standard InChI is InChI=1S/C8H9BrN4S/c1-2-4-13-5-3-10-6(13)7-11-12-8(9)14-7/h3,5H,2,4H2,1H3. The molecular weight excluding hydrogens is 264 g/mol. The lowest BCUT2D eigenvalue weighted by Gasteiger charge is -2.01. The normalized spacial score (nSPS) is 10.7. The van der Waals surface area contributed by atoms with E-state index in [1.54, 1.807) is 6.20 Å². The van der Waals surface area contributed by atoms with Crippen LogP contribution in [0.5, 0.6) is 0 Å². The van der Waals surface area contributed by atoms with Gasteiger partial charge in [0.1, 0.15) is 0 Å². The highest BCUT2D eigenvalue weighted by molar-refractivity contribution is 9.11. The zero-order chi connectivity index (χ0) is 9.97. The predicted octanol–water partition coefficient (Wildman–Crippen LogP) is 2.57. The lowest BCUT2D eigenvalue weighted by molar-refractivity contribution is 0.684. The molecule has 2 aromatic rings. The molecule has 0 spiro atoms. The van der Waals surface area contributed by atoms with E-state index < -0.39 is 0 Å². The minimum atomic E-state index is 0.790. The van der Waals surface area contributed by atoms with Crippen molar-refractivity contribution in [1.82, 2.24) is 19.7 Å². The van der Waals surface area contributed by atoms with Gasteiger partial charge in [-0.05, 0) is 22.4 Å². The molecule has 6 heteroatoms. The van der Waals surface area contributed by atoms with Gasteiger partial charge in [0.05, 0.1) is 0 Å². The molecule has 0 atom stereocenters. The molecule has 0 N–H and O–H groups in total. The first-order chi connectivity index (χ1) is 6.81. The first kappa shape index (κ1) is 9.79. The van der Waals surface area contributed by atoms with Crippen molar-refractivity contribution in [3.8, 4) is 10.8 Å². The largest absolute Gasteiger partial charge is 0.329 e. The van der Waals surface area contributed by atoms with Crippen LogP contribution < -0.4 is 0 Å². The number of halogens is 1. The number of aromatic nitrogens is 4. The van der Waals surface area contributed by atoms with E-state index >= 15 is 0 Å². The van der Waals surface area contributed by atoms with Gasteiger partial charge >= 0.3 is 0 Å². The van der Waals surface area contributed by atoms with Gasteiger partial charge in [-0.1, -0.05) is 18.3 Å². The Hall–Kier alpha value is -0.750. The number of rotatable bonds is 3. The molecule has 0 fully saturated rings. The van der Waals surface area contributed by atoms with Crippen LogP contribution in [0.4, 0.5) is 0 Å². The van der Waals surface area contributed by atoms with Crippen molar-refractivity contribution in [3.63, 3.8) is 0 Å². The van der Waals surface area contributed by atoms with E-state index in [2.05, 4.69) is 42.6 Å². The summed E-state index contributed by atoms with van der Waals surface area (Å²) in [4.78, 5) is 4.27. The topological polar surface area (TPSA) is 43.6 Å². The van der Waals surface area contributed by atoms with Gasteiger partial charge in [0, 0.05) is 18.9 Å². The van der Waals surface area contributed by atoms with E-state index in [0.717, 1.165) is 27.7 Å². The zero-order valence-electron chi connectivity index (χ0n) is 7.64. The molecule has 0 aliphatic rings. The van der Waals surface area contributed by atoms with Crippen molar-refractivity contribution < 1.29 is 0 Å². The molecule has 74 valence electrons. The lowest BCUT2D eigenvalue weighted by Crippen LogP contribution is -1.97. The van der Waals surface area contributed by atoms with Crippen LogP contribution in [0.1, 0.15) is 13.3 Å². The van der Waals surface area contributed by atoms with Gasteiger partial charge in [-0.3, -0.25) is 0 Å². The Morgan fingerprint density at radius 2 is 2.36 bits per heavy atom. The van der Waals surface area contributed by atoms with E-state index in [0.29, 0.717) is 0 Å². The summed E-state index contributed by atoms with van der Waals surface area (Å²) in [7, 11) is 0. The Bertz CT molecular complexity index is 422. The second-order valence-electron chi connectivity index (χ2n) is 2.80. The molecule has 0 radical (unpaired) electrons. The molecular formula is C8H9BrN4S. The van der Waals surface area contributed by atoms with Gasteiger partial charge in [-0.15, -0.1) is 10.2 Å². The number of nitrogens with zero attached hydrogens (tertiary/aromatic N) is 4. The molecule has 0 aliphatic carbocycles. The maximum atomic E-state index is 4.27. The summed E-state index contributed by atoms with van der Waals surface area (Å²) in [6.07, 6.45) is 4.85. The lowest BCUT2D eigenvalue weighted by atomic mass is 10.4. The van der Waals surface area contributed by atoms with Crippen LogP contribution >= 0.6 is 27.3 Å². The molecule has 0 amide bonds. The molecule has 2 heterocycles. The van der Waals surface area contributed by atoms with Gasteiger partial charge in [0.25, 0.3) is 0 Å². The van der Waals surface area contributed by atoms with Crippen LogP contribution in [0.25, 0.3) is 10.8 Å². The van der Waals surface area contributed by atoms with E-state index in [1.807, 2.05) is 6.20 Å². The predicted molar refractivity (Wildman–Crippen MR) is 59.1 cm³/mol. The highest BCUT2D eigenvalue weighted by atomic mass is 79.9. The van der Waals surface area contributed by atoms with Crippen molar-refractivity contribution in [3.05, 3.63) is 16.3 Å². The van der Waals surface area contributed by atoms with Crippen molar-refractivity contribution in [2.75, 3.05) is 0 Å². The van der Waals surface area contributed by atoms with Gasteiger partial charge in [-0.25, -0.2) is 4.98 Å². The fourth-order valence-electron chi connectivity index (χ4n) is 1.22. The summed E-state index contributed by atoms with van der Waals surface area (Å²) in [5.74, 6) is 0.898. The summed E-state index contributed by atoms with van der Waals surface area (Å²) in [5, 5.41) is 8.80. The highest BCUT2D eigenvalue weighted by Gasteiger charge is 2.10. The summed E-state index contributed by atoms with van der Waals surface area (Å²) in [6, 6.07) is 0. The second kappa shape index (κ2) is 4.18. The molecule has 2 aromatic heterocycles. The summed E-state index contributed by atoms with van der Waals surface area (Å²) >= 11 is 4.79. The Balaban J connectivity index is 2.36. The van der Waals surface area contributed by atoms with Crippen molar-refractivity contribution >= 4 is 27.3 Å². The summed E-state index contributed by atoms with van der Waals surface area (Å²) < 4.78 is 2.88. The second-order valence-corrected chi connectivity index (χ2v) is 5.06. The Morgan fingerprint density at radius 3 is 3.00 bits per heavy atom. The molecule has 0 unspecified atom stereocenters. The third kappa shape index (κ3) is 1.85.